The van der Waals surface area contributed by atoms with Gasteiger partial charge in [-0.3, -0.25) is 9.59 Å². The van der Waals surface area contributed by atoms with Gasteiger partial charge in [0.2, 0.25) is 0 Å². The number of hydrogen-bond donors (Lipinski definition) is 0. The predicted octanol–water partition coefficient (Wildman–Crippen LogP) is 5.51. The highest BCUT2D eigenvalue weighted by Gasteiger charge is 2.35. The molecule has 0 saturated carbocycles. The van der Waals surface area contributed by atoms with Crippen LogP contribution in [0.15, 0.2) is 77.3 Å². The molecule has 0 spiro atoms. The molecule has 5 rings (SSSR count). The number of imide groups is 1. The van der Waals surface area contributed by atoms with E-state index in [9.17, 15) is 9.59 Å². The Morgan fingerprint density at radius 3 is 2.04 bits per heavy atom. The molecule has 1 aliphatic heterocycles. The summed E-state index contributed by atoms with van der Waals surface area (Å²) in [5, 5.41) is 1.59. The normalized spacial score (nSPS) is 13.7. The third kappa shape index (κ3) is 2.06. The highest BCUT2D eigenvalue weighted by Crippen LogP contribution is 2.38. The third-order valence-electron chi connectivity index (χ3n) is 4.83. The summed E-state index contributed by atoms with van der Waals surface area (Å²) in [5.74, 6) is -0.572. The Balaban J connectivity index is 1.75. The quantitative estimate of drug-likeness (QED) is 0.394. The summed E-state index contributed by atoms with van der Waals surface area (Å²) in [6.45, 7) is 0. The van der Waals surface area contributed by atoms with Crippen molar-refractivity contribution in [1.29, 1.82) is 0 Å². The van der Waals surface area contributed by atoms with Gasteiger partial charge in [-0.1, -0.05) is 58.4 Å². The maximum atomic E-state index is 13.2. The highest BCUT2D eigenvalue weighted by molar-refractivity contribution is 9.10. The number of anilines is 1. The van der Waals surface area contributed by atoms with Crippen molar-refractivity contribution in [3.63, 3.8) is 0 Å². The topological polar surface area (TPSA) is 37.4 Å². The highest BCUT2D eigenvalue weighted by atomic mass is 79.9. The second kappa shape index (κ2) is 5.51. The molecular formula is C22H12BrNO2. The molecule has 26 heavy (non-hydrogen) atoms. The van der Waals surface area contributed by atoms with Crippen LogP contribution in [0.1, 0.15) is 20.7 Å². The largest absolute Gasteiger partial charge is 0.268 e. The molecule has 2 aromatic rings. The number of carbonyl (C=O) groups is 2. The lowest BCUT2D eigenvalue weighted by Gasteiger charge is -2.26. The van der Waals surface area contributed by atoms with Crippen LogP contribution >= 0.6 is 15.9 Å². The van der Waals surface area contributed by atoms with E-state index in [1.54, 1.807) is 12.1 Å². The Hall–Kier alpha value is -2.98. The Labute approximate surface area is 158 Å². The van der Waals surface area contributed by atoms with Crippen molar-refractivity contribution < 1.29 is 9.59 Å². The molecule has 0 radical (unpaired) electrons. The fraction of sp³-hybridized carbons (Fsp3) is 0. The molecular weight excluding hydrogens is 390 g/mol. The van der Waals surface area contributed by atoms with Gasteiger partial charge in [0.15, 0.2) is 0 Å². The molecule has 2 aromatic carbocycles. The fourth-order valence-corrected chi connectivity index (χ4v) is 4.09. The Morgan fingerprint density at radius 2 is 1.35 bits per heavy atom. The molecule has 3 aliphatic rings. The summed E-state index contributed by atoms with van der Waals surface area (Å²) in [7, 11) is 0. The number of nitrogens with zero attached hydrogens (tertiary/aromatic N) is 1. The second-order valence-electron chi connectivity index (χ2n) is 6.30. The minimum absolute atomic E-state index is 0.286. The Kier molecular flexibility index (Phi) is 3.24. The van der Waals surface area contributed by atoms with E-state index in [2.05, 4.69) is 15.9 Å². The number of rotatable bonds is 1. The van der Waals surface area contributed by atoms with Crippen LogP contribution in [0, 0.1) is 0 Å². The lowest BCUT2D eigenvalue weighted by atomic mass is 9.94. The van der Waals surface area contributed by atoms with Crippen LogP contribution in [0.4, 0.5) is 5.69 Å². The molecule has 4 heteroatoms. The molecule has 0 fully saturated rings. The Morgan fingerprint density at radius 1 is 0.692 bits per heavy atom. The Bertz CT molecular complexity index is 1140. The minimum Gasteiger partial charge on any atom is -0.268 e. The van der Waals surface area contributed by atoms with E-state index in [0.29, 0.717) is 16.8 Å². The first-order valence-electron chi connectivity index (χ1n) is 8.24. The van der Waals surface area contributed by atoms with E-state index < -0.39 is 0 Å². The summed E-state index contributed by atoms with van der Waals surface area (Å²) in [6.07, 6.45) is 0. The van der Waals surface area contributed by atoms with Crippen LogP contribution in [-0.2, 0) is 0 Å². The van der Waals surface area contributed by atoms with Crippen LogP contribution in [0.5, 0.6) is 0 Å². The van der Waals surface area contributed by atoms with Gasteiger partial charge in [-0.05, 0) is 46.8 Å². The lowest BCUT2D eigenvalue weighted by Crippen LogP contribution is -2.40. The van der Waals surface area contributed by atoms with E-state index in [1.807, 2.05) is 60.7 Å². The van der Waals surface area contributed by atoms with E-state index in [4.69, 9.17) is 0 Å². The zero-order valence-electron chi connectivity index (χ0n) is 13.6. The number of fused-ring (bicyclic) bond motifs is 1. The van der Waals surface area contributed by atoms with Crippen LogP contribution in [-0.4, -0.2) is 11.8 Å². The zero-order valence-corrected chi connectivity index (χ0v) is 15.2. The van der Waals surface area contributed by atoms with E-state index in [-0.39, 0.29) is 11.8 Å². The van der Waals surface area contributed by atoms with Crippen molar-refractivity contribution in [2.75, 3.05) is 4.90 Å². The zero-order chi connectivity index (χ0) is 17.8. The first-order chi connectivity index (χ1) is 12.6. The molecule has 0 saturated heterocycles. The van der Waals surface area contributed by atoms with Crippen molar-refractivity contribution >= 4 is 44.2 Å². The molecule has 0 unspecified atom stereocenters. The van der Waals surface area contributed by atoms with Gasteiger partial charge in [0.05, 0.1) is 5.69 Å². The molecule has 0 bridgehead atoms. The molecule has 2 amide bonds. The molecule has 0 atom stereocenters. The van der Waals surface area contributed by atoms with Gasteiger partial charge in [0, 0.05) is 21.0 Å². The molecule has 3 nitrogen and oxygen atoms in total. The maximum absolute atomic E-state index is 13.2. The average Bonchev–Trinajstić information content (AvgIpc) is 2.90. The first-order valence-corrected chi connectivity index (χ1v) is 9.03. The summed E-state index contributed by atoms with van der Waals surface area (Å²) >= 11 is 3.51. The number of amides is 2. The summed E-state index contributed by atoms with van der Waals surface area (Å²) in [4.78, 5) is 27.6. The SMILES string of the molecule is O=C1c2cccc3c(Br)ccc(c23)C(=O)N1c1cc2cccccc-2c1. The smallest absolute Gasteiger partial charge is 0.265 e. The fourth-order valence-electron chi connectivity index (χ4n) is 3.62. The average molecular weight is 402 g/mol. The summed E-state index contributed by atoms with van der Waals surface area (Å²) in [5.41, 5.74) is 3.69. The molecule has 1 heterocycles. The second-order valence-corrected chi connectivity index (χ2v) is 7.16. The summed E-state index contributed by atoms with van der Waals surface area (Å²) < 4.78 is 0.874. The van der Waals surface area contributed by atoms with E-state index >= 15 is 0 Å². The van der Waals surface area contributed by atoms with E-state index in [1.165, 1.54) is 4.90 Å². The maximum Gasteiger partial charge on any atom is 0.265 e. The van der Waals surface area contributed by atoms with Gasteiger partial charge < -0.3 is 0 Å². The predicted molar refractivity (Wildman–Crippen MR) is 106 cm³/mol. The first kappa shape index (κ1) is 15.3. The number of halogens is 1. The van der Waals surface area contributed by atoms with Crippen molar-refractivity contribution in [2.45, 2.75) is 0 Å². The van der Waals surface area contributed by atoms with Gasteiger partial charge in [-0.25, -0.2) is 4.90 Å². The van der Waals surface area contributed by atoms with Crippen molar-refractivity contribution in [2.24, 2.45) is 0 Å². The van der Waals surface area contributed by atoms with Crippen molar-refractivity contribution in [3.8, 4) is 11.1 Å². The van der Waals surface area contributed by atoms with Gasteiger partial charge in [0.25, 0.3) is 11.8 Å². The lowest BCUT2D eigenvalue weighted by molar-refractivity contribution is 0.0893. The van der Waals surface area contributed by atoms with Gasteiger partial charge >= 0.3 is 0 Å². The van der Waals surface area contributed by atoms with Gasteiger partial charge in [-0.2, -0.15) is 0 Å². The monoisotopic (exact) mass is 401 g/mol. The minimum atomic E-state index is -0.286. The third-order valence-corrected chi connectivity index (χ3v) is 5.52. The van der Waals surface area contributed by atoms with Crippen LogP contribution in [0.3, 0.4) is 0 Å². The molecule has 0 aromatic heterocycles. The van der Waals surface area contributed by atoms with Crippen molar-refractivity contribution in [1.82, 2.24) is 0 Å². The summed E-state index contributed by atoms with van der Waals surface area (Å²) in [6, 6.07) is 22.7. The van der Waals surface area contributed by atoms with Crippen molar-refractivity contribution in [3.05, 3.63) is 88.4 Å². The standard InChI is InChI=1S/C22H12BrNO2/c23-19-10-9-18-20-16(19)7-4-8-17(20)21(25)24(22(18)26)15-11-13-5-2-1-3-6-14(13)12-15/h1-12H. The number of benzene rings is 2. The number of carbonyl (C=O) groups excluding carboxylic acids is 2. The van der Waals surface area contributed by atoms with Crippen LogP contribution in [0.25, 0.3) is 21.9 Å². The van der Waals surface area contributed by atoms with E-state index in [0.717, 1.165) is 26.4 Å². The van der Waals surface area contributed by atoms with Gasteiger partial charge in [0.1, 0.15) is 0 Å². The molecule has 2 aliphatic carbocycles. The van der Waals surface area contributed by atoms with Gasteiger partial charge in [-0.15, -0.1) is 0 Å². The van der Waals surface area contributed by atoms with Crippen LogP contribution < -0.4 is 4.90 Å². The number of hydrogen-bond acceptors (Lipinski definition) is 2. The van der Waals surface area contributed by atoms with Crippen LogP contribution in [0.2, 0.25) is 0 Å². The molecule has 124 valence electrons. The molecule has 0 N–H and O–H groups in total.